The van der Waals surface area contributed by atoms with Crippen LogP contribution in [-0.2, 0) is 22.4 Å². The van der Waals surface area contributed by atoms with E-state index in [-0.39, 0.29) is 24.5 Å². The van der Waals surface area contributed by atoms with Crippen molar-refractivity contribution in [2.75, 3.05) is 6.61 Å². The molecule has 0 saturated carbocycles. The molecular weight excluding hydrogens is 402 g/mol. The van der Waals surface area contributed by atoms with Gasteiger partial charge in [-0.1, -0.05) is 72.8 Å². The van der Waals surface area contributed by atoms with E-state index < -0.39 is 5.97 Å². The zero-order valence-electron chi connectivity index (χ0n) is 17.9. The van der Waals surface area contributed by atoms with Gasteiger partial charge in [0.15, 0.2) is 6.61 Å². The van der Waals surface area contributed by atoms with Crippen LogP contribution in [0.2, 0.25) is 0 Å². The molecule has 3 aromatic rings. The van der Waals surface area contributed by atoms with Gasteiger partial charge in [0, 0.05) is 0 Å². The van der Waals surface area contributed by atoms with Crippen molar-refractivity contribution in [2.45, 2.75) is 37.6 Å². The average molecular weight is 430 g/mol. The summed E-state index contributed by atoms with van der Waals surface area (Å²) in [5, 5.41) is 12.2. The molecule has 2 atom stereocenters. The first-order chi connectivity index (χ1) is 15.6. The summed E-state index contributed by atoms with van der Waals surface area (Å²) in [6.07, 6.45) is 3.10. The Bertz CT molecular complexity index is 1070. The molecule has 2 N–H and O–H groups in total. The second kappa shape index (κ2) is 10.1. The lowest BCUT2D eigenvalue weighted by Gasteiger charge is -2.28. The third-order valence-corrected chi connectivity index (χ3v) is 5.93. The molecule has 1 amide bonds. The summed E-state index contributed by atoms with van der Waals surface area (Å²) in [6, 6.07) is 25.6. The maximum atomic E-state index is 13.5. The fourth-order valence-electron chi connectivity index (χ4n) is 4.42. The summed E-state index contributed by atoms with van der Waals surface area (Å²) in [7, 11) is 0. The fraction of sp³-hybridized carbons (Fsp3) is 0.259. The Morgan fingerprint density at radius 1 is 0.969 bits per heavy atom. The number of ether oxygens (including phenoxy) is 1. The SMILES string of the molecule is O=C(O)COc1cccc2c1CCCC2C(=O)NC(Cc1ccccc1)c1ccccc1. The van der Waals surface area contributed by atoms with Crippen molar-refractivity contribution in [1.82, 2.24) is 5.32 Å². The summed E-state index contributed by atoms with van der Waals surface area (Å²) < 4.78 is 5.49. The third-order valence-electron chi connectivity index (χ3n) is 5.93. The molecule has 0 heterocycles. The maximum Gasteiger partial charge on any atom is 0.341 e. The lowest BCUT2D eigenvalue weighted by Crippen LogP contribution is -2.35. The van der Waals surface area contributed by atoms with Crippen LogP contribution in [0.4, 0.5) is 0 Å². The van der Waals surface area contributed by atoms with Crippen LogP contribution >= 0.6 is 0 Å². The Kier molecular flexibility index (Phi) is 6.85. The number of hydrogen-bond donors (Lipinski definition) is 2. The molecule has 1 aliphatic carbocycles. The monoisotopic (exact) mass is 429 g/mol. The topological polar surface area (TPSA) is 75.6 Å². The highest BCUT2D eigenvalue weighted by molar-refractivity contribution is 5.85. The normalized spacial score (nSPS) is 15.9. The van der Waals surface area contributed by atoms with Crippen molar-refractivity contribution in [1.29, 1.82) is 0 Å². The van der Waals surface area contributed by atoms with E-state index in [1.807, 2.05) is 60.7 Å². The van der Waals surface area contributed by atoms with Gasteiger partial charge in [-0.05, 0) is 54.0 Å². The zero-order chi connectivity index (χ0) is 22.3. The van der Waals surface area contributed by atoms with E-state index in [2.05, 4.69) is 17.4 Å². The number of carboxylic acids is 1. The molecule has 1 aliphatic rings. The number of hydrogen-bond acceptors (Lipinski definition) is 3. The number of carbonyl (C=O) groups is 2. The molecule has 0 fully saturated rings. The van der Waals surface area contributed by atoms with Gasteiger partial charge in [0.1, 0.15) is 5.75 Å². The lowest BCUT2D eigenvalue weighted by molar-refractivity contribution is -0.139. The van der Waals surface area contributed by atoms with Crippen molar-refractivity contribution >= 4 is 11.9 Å². The first kappa shape index (κ1) is 21.6. The molecule has 0 spiro atoms. The number of aliphatic carboxylic acids is 1. The third kappa shape index (κ3) is 5.17. The molecule has 4 rings (SSSR count). The van der Waals surface area contributed by atoms with Gasteiger partial charge >= 0.3 is 5.97 Å². The van der Waals surface area contributed by atoms with E-state index in [1.165, 1.54) is 0 Å². The van der Waals surface area contributed by atoms with Gasteiger partial charge < -0.3 is 15.2 Å². The van der Waals surface area contributed by atoms with Crippen molar-refractivity contribution < 1.29 is 19.4 Å². The molecule has 5 nitrogen and oxygen atoms in total. The first-order valence-corrected chi connectivity index (χ1v) is 11.0. The molecule has 2 unspecified atom stereocenters. The largest absolute Gasteiger partial charge is 0.482 e. The fourth-order valence-corrected chi connectivity index (χ4v) is 4.42. The average Bonchev–Trinajstić information content (AvgIpc) is 2.83. The van der Waals surface area contributed by atoms with Crippen molar-refractivity contribution in [3.05, 3.63) is 101 Å². The minimum absolute atomic E-state index is 0.00822. The van der Waals surface area contributed by atoms with E-state index in [4.69, 9.17) is 9.84 Å². The molecule has 0 aromatic heterocycles. The molecule has 0 saturated heterocycles. The van der Waals surface area contributed by atoms with Crippen LogP contribution in [-0.4, -0.2) is 23.6 Å². The molecule has 5 heteroatoms. The van der Waals surface area contributed by atoms with Crippen LogP contribution in [0.15, 0.2) is 78.9 Å². The highest BCUT2D eigenvalue weighted by Crippen LogP contribution is 2.37. The van der Waals surface area contributed by atoms with Gasteiger partial charge in [0.2, 0.25) is 5.91 Å². The van der Waals surface area contributed by atoms with Gasteiger partial charge in [-0.15, -0.1) is 0 Å². The number of nitrogens with one attached hydrogen (secondary N) is 1. The van der Waals surface area contributed by atoms with E-state index in [0.717, 1.165) is 41.5 Å². The van der Waals surface area contributed by atoms with Crippen LogP contribution in [0.3, 0.4) is 0 Å². The summed E-state index contributed by atoms with van der Waals surface area (Å²) in [6.45, 7) is -0.388. The number of carbonyl (C=O) groups excluding carboxylic acids is 1. The van der Waals surface area contributed by atoms with Crippen molar-refractivity contribution in [2.24, 2.45) is 0 Å². The summed E-state index contributed by atoms with van der Waals surface area (Å²) in [5.74, 6) is -0.745. The smallest absolute Gasteiger partial charge is 0.341 e. The number of rotatable bonds is 8. The summed E-state index contributed by atoms with van der Waals surface area (Å²) >= 11 is 0. The zero-order valence-corrected chi connectivity index (χ0v) is 17.9. The van der Waals surface area contributed by atoms with E-state index in [9.17, 15) is 9.59 Å². The van der Waals surface area contributed by atoms with Crippen LogP contribution in [0.5, 0.6) is 5.75 Å². The van der Waals surface area contributed by atoms with Crippen LogP contribution < -0.4 is 10.1 Å². The highest BCUT2D eigenvalue weighted by Gasteiger charge is 2.30. The van der Waals surface area contributed by atoms with Gasteiger partial charge in [0.05, 0.1) is 12.0 Å². The van der Waals surface area contributed by atoms with Crippen LogP contribution in [0.25, 0.3) is 0 Å². The maximum absolute atomic E-state index is 13.5. The van der Waals surface area contributed by atoms with Gasteiger partial charge in [-0.3, -0.25) is 4.79 Å². The molecule has 0 radical (unpaired) electrons. The molecular formula is C27H27NO4. The second-order valence-corrected chi connectivity index (χ2v) is 8.11. The van der Waals surface area contributed by atoms with Gasteiger partial charge in [-0.2, -0.15) is 0 Å². The number of benzene rings is 3. The predicted molar refractivity (Wildman–Crippen MR) is 123 cm³/mol. The second-order valence-electron chi connectivity index (χ2n) is 8.11. The Labute approximate surface area is 188 Å². The van der Waals surface area contributed by atoms with Crippen LogP contribution in [0, 0.1) is 0 Å². The van der Waals surface area contributed by atoms with E-state index in [0.29, 0.717) is 12.2 Å². The van der Waals surface area contributed by atoms with Crippen LogP contribution in [0.1, 0.15) is 47.1 Å². The molecule has 32 heavy (non-hydrogen) atoms. The quantitative estimate of drug-likeness (QED) is 0.546. The minimum atomic E-state index is -1.01. The Hall–Kier alpha value is -3.60. The van der Waals surface area contributed by atoms with Crippen molar-refractivity contribution in [3.63, 3.8) is 0 Å². The molecule has 0 bridgehead atoms. The Morgan fingerprint density at radius 2 is 1.69 bits per heavy atom. The number of carboxylic acid groups (broad SMARTS) is 1. The number of fused-ring (bicyclic) bond motifs is 1. The molecule has 164 valence electrons. The summed E-state index contributed by atoms with van der Waals surface area (Å²) in [5.41, 5.74) is 4.11. The predicted octanol–water partition coefficient (Wildman–Crippen LogP) is 4.67. The minimum Gasteiger partial charge on any atom is -0.482 e. The van der Waals surface area contributed by atoms with Gasteiger partial charge in [-0.25, -0.2) is 4.79 Å². The molecule has 3 aromatic carbocycles. The van der Waals surface area contributed by atoms with E-state index in [1.54, 1.807) is 6.07 Å². The van der Waals surface area contributed by atoms with E-state index >= 15 is 0 Å². The first-order valence-electron chi connectivity index (χ1n) is 11.0. The highest BCUT2D eigenvalue weighted by atomic mass is 16.5. The number of amides is 1. The molecule has 0 aliphatic heterocycles. The Balaban J connectivity index is 1.57. The standard InChI is InChI=1S/C27H27NO4/c29-26(30)18-32-25-16-8-13-21-22(25)14-7-15-23(21)27(31)28-24(20-11-5-2-6-12-20)17-19-9-3-1-4-10-19/h1-6,8-13,16,23-24H,7,14-15,17-18H2,(H,28,31)(H,29,30). The van der Waals surface area contributed by atoms with Gasteiger partial charge in [0.25, 0.3) is 0 Å². The lowest BCUT2D eigenvalue weighted by atomic mass is 9.81. The Morgan fingerprint density at radius 3 is 2.41 bits per heavy atom. The van der Waals surface area contributed by atoms with Crippen molar-refractivity contribution in [3.8, 4) is 5.75 Å². The summed E-state index contributed by atoms with van der Waals surface area (Å²) in [4.78, 5) is 24.4.